The van der Waals surface area contributed by atoms with Gasteiger partial charge in [0.25, 0.3) is 5.91 Å². The molecule has 0 saturated heterocycles. The van der Waals surface area contributed by atoms with E-state index in [0.717, 1.165) is 43.2 Å². The van der Waals surface area contributed by atoms with Crippen LogP contribution in [0.4, 0.5) is 21.2 Å². The van der Waals surface area contributed by atoms with Crippen LogP contribution >= 0.6 is 11.6 Å². The molecule has 4 rings (SSSR count). The predicted molar refractivity (Wildman–Crippen MR) is 298 cm³/mol. The number of aliphatic hydroxyl groups excluding tert-OH is 1. The molecule has 81 heavy (non-hydrogen) atoms. The Labute approximate surface area is 471 Å². The van der Waals surface area contributed by atoms with Gasteiger partial charge in [-0.25, -0.2) is 34.1 Å². The van der Waals surface area contributed by atoms with Gasteiger partial charge >= 0.3 is 24.1 Å². The Balaban J connectivity index is 0.971. The number of rotatable bonds is 35. The minimum Gasteiger partial charge on any atom is -0.491 e. The summed E-state index contributed by atoms with van der Waals surface area (Å²) >= 11 is 6.00. The van der Waals surface area contributed by atoms with Gasteiger partial charge in [-0.2, -0.15) is 0 Å². The number of aliphatic imine (C=N–C) groups is 3. The van der Waals surface area contributed by atoms with E-state index in [2.05, 4.69) is 51.5 Å². The van der Waals surface area contributed by atoms with Crippen LogP contribution in [0.1, 0.15) is 72.3 Å². The van der Waals surface area contributed by atoms with Crippen molar-refractivity contribution in [3.8, 4) is 11.5 Å². The van der Waals surface area contributed by atoms with Gasteiger partial charge in [0.2, 0.25) is 0 Å². The maximum atomic E-state index is 12.4. The highest BCUT2D eigenvalue weighted by atomic mass is 35.5. The van der Waals surface area contributed by atoms with Crippen molar-refractivity contribution in [1.29, 1.82) is 0 Å². The number of alkyl carbamates (subject to hydrolysis) is 2. The zero-order valence-electron chi connectivity index (χ0n) is 44.8. The number of carbonyl (C=O) groups excluding carboxylic acids is 3. The maximum Gasteiger partial charge on any atom is 0.407 e. The third-order valence-corrected chi connectivity index (χ3v) is 11.8. The molecular weight excluding hydrogens is 1080 g/mol. The Hall–Kier alpha value is -8.61. The minimum absolute atomic E-state index is 0.00109. The Bertz CT molecular complexity index is 2650. The number of alkyl halides is 1. The van der Waals surface area contributed by atoms with E-state index in [4.69, 9.17) is 74.4 Å². The number of aryl methyl sites for hydroxylation is 3. The van der Waals surface area contributed by atoms with E-state index in [0.29, 0.717) is 36.7 Å². The number of aliphatic hydroxyl groups is 1. The van der Waals surface area contributed by atoms with Crippen molar-refractivity contribution >= 4 is 71.0 Å². The molecule has 1 aromatic heterocycles. The first-order valence-corrected chi connectivity index (χ1v) is 26.1. The van der Waals surface area contributed by atoms with Gasteiger partial charge in [-0.3, -0.25) is 20.1 Å². The molecule has 20 N–H and O–H groups in total. The second-order valence-corrected chi connectivity index (χ2v) is 18.1. The van der Waals surface area contributed by atoms with Crippen LogP contribution in [0.15, 0.2) is 75.0 Å². The number of benzene rings is 2. The van der Waals surface area contributed by atoms with E-state index >= 15 is 0 Å². The lowest BCUT2D eigenvalue weighted by atomic mass is 10.1. The zero-order valence-corrected chi connectivity index (χ0v) is 45.5. The number of hydrogen-bond acceptors (Lipinski definition) is 22. The standard InChI is InChI=1S/C50H73ClN16O14/c1-29-39(52)64-40(53)36(60-29)43(68)66-47(56)58-19-4-2-7-30-11-15-32(16-12-30)78-25-21-76-23-27-80-49(74)61-34(45(70)71)9-6-10-35(46(72)73)62-50(75)81-28-24-77-22-26-79-33-17-13-31(14-18-33)8-3-5-20-59-48(57)67-44(69)37-41(54)65-42(55)38(51)63-37/h11-18,34-35,38,44,63,69H,2-10,19-28,54H2,1H3,(H2,55,65)(H,61,74)(H,62,75)(H,70,71)(H,72,73)(H4,52,53,64)(H3,57,59,67)(H3,56,58,66,68). The number of nitrogens with one attached hydrogen (secondary N) is 5. The molecule has 1 aliphatic heterocycles. The fraction of sp³-hybridized carbons (Fsp3) is 0.480. The van der Waals surface area contributed by atoms with Crippen molar-refractivity contribution in [2.45, 2.75) is 88.5 Å². The Kier molecular flexibility index (Phi) is 28.1. The number of nitrogen functional groups attached to an aromatic ring is 2. The number of unbranched alkanes of at least 4 members (excludes halogenated alkanes) is 2. The molecule has 0 bridgehead atoms. The van der Waals surface area contributed by atoms with E-state index in [9.17, 15) is 39.3 Å². The largest absolute Gasteiger partial charge is 0.491 e. The smallest absolute Gasteiger partial charge is 0.407 e. The Morgan fingerprint density at radius 3 is 1.63 bits per heavy atom. The number of carboxylic acids is 2. The van der Waals surface area contributed by atoms with E-state index in [1.165, 1.54) is 0 Å². The fourth-order valence-electron chi connectivity index (χ4n) is 7.17. The maximum absolute atomic E-state index is 12.4. The third-order valence-electron chi connectivity index (χ3n) is 11.5. The van der Waals surface area contributed by atoms with Crippen LogP contribution in [0.25, 0.3) is 0 Å². The van der Waals surface area contributed by atoms with Gasteiger partial charge in [-0.15, -0.1) is 0 Å². The van der Waals surface area contributed by atoms with Gasteiger partial charge in [0.1, 0.15) is 73.2 Å². The number of aromatic nitrogens is 2. The number of amidine groups is 1. The summed E-state index contributed by atoms with van der Waals surface area (Å²) in [6.07, 6.45) is 0.995. The lowest BCUT2D eigenvalue weighted by Crippen LogP contribution is -2.50. The topological polar surface area (TPSA) is 481 Å². The molecule has 0 fully saturated rings. The molecule has 0 spiro atoms. The lowest BCUT2D eigenvalue weighted by Gasteiger charge is -2.25. The highest BCUT2D eigenvalue weighted by molar-refractivity contribution is 6.31. The molecule has 4 unspecified atom stereocenters. The molecule has 30 nitrogen and oxygen atoms in total. The molecule has 3 aromatic rings. The number of carbonyl (C=O) groups is 5. The van der Waals surface area contributed by atoms with Crippen molar-refractivity contribution in [2.24, 2.45) is 37.9 Å². The quantitative estimate of drug-likeness (QED) is 0.00936. The molecule has 0 radical (unpaired) electrons. The molecule has 0 aliphatic carbocycles. The number of nitrogens with two attached hydrogens (primary N) is 6. The van der Waals surface area contributed by atoms with Gasteiger partial charge in [0.05, 0.1) is 32.1 Å². The fourth-order valence-corrected chi connectivity index (χ4v) is 7.33. The molecule has 444 valence electrons. The number of anilines is 2. The lowest BCUT2D eigenvalue weighted by molar-refractivity contribution is -0.139. The number of guanidine groups is 2. The SMILES string of the molecule is Cc1nc(C(=O)NC(N)=NCCCCc2ccc(OCCOCCOC(=O)NC(CCCC(NC(=O)OCCOCCOc3ccc(CCCCN=C(N)NC(O)C4=C(N)N=C(N)C(Cl)N4)cc3)C(=O)O)C(=O)O)cc2)c(N)nc1N. The second-order valence-electron chi connectivity index (χ2n) is 17.7. The van der Waals surface area contributed by atoms with Crippen LogP contribution in [-0.2, 0) is 41.4 Å². The summed E-state index contributed by atoms with van der Waals surface area (Å²) < 4.78 is 32.4. The normalized spacial score (nSPS) is 14.6. The summed E-state index contributed by atoms with van der Waals surface area (Å²) in [5.41, 5.74) is 36.3. The van der Waals surface area contributed by atoms with Crippen LogP contribution < -0.4 is 70.5 Å². The summed E-state index contributed by atoms with van der Waals surface area (Å²) in [5.74, 6) is -2.09. The molecule has 0 saturated carbocycles. The molecule has 2 heterocycles. The monoisotopic (exact) mass is 1160 g/mol. The number of halogens is 1. The van der Waals surface area contributed by atoms with Gasteiger partial charge < -0.3 is 99.4 Å². The van der Waals surface area contributed by atoms with Gasteiger partial charge in [-0.05, 0) is 100 Å². The molecule has 2 aromatic carbocycles. The van der Waals surface area contributed by atoms with Crippen LogP contribution in [0, 0.1) is 6.92 Å². The average Bonchev–Trinajstić information content (AvgIpc) is 3.43. The second kappa shape index (κ2) is 35.1. The van der Waals surface area contributed by atoms with Gasteiger partial charge in [0, 0.05) is 13.1 Å². The van der Waals surface area contributed by atoms with E-state index in [1.54, 1.807) is 6.92 Å². The number of nitrogens with zero attached hydrogens (tertiary/aromatic N) is 5. The van der Waals surface area contributed by atoms with Crippen LogP contribution in [0.2, 0.25) is 0 Å². The van der Waals surface area contributed by atoms with E-state index in [-0.39, 0.29) is 119 Å². The first-order valence-electron chi connectivity index (χ1n) is 25.7. The van der Waals surface area contributed by atoms with Crippen LogP contribution in [0.5, 0.6) is 11.5 Å². The zero-order chi connectivity index (χ0) is 59.1. The summed E-state index contributed by atoms with van der Waals surface area (Å²) in [7, 11) is 0. The number of carboxylic acid groups (broad SMARTS) is 2. The third kappa shape index (κ3) is 24.9. The van der Waals surface area contributed by atoms with Gasteiger partial charge in [0.15, 0.2) is 35.2 Å². The summed E-state index contributed by atoms with van der Waals surface area (Å²) in [4.78, 5) is 80.9. The van der Waals surface area contributed by atoms with Crippen molar-refractivity contribution < 1.29 is 67.7 Å². The highest BCUT2D eigenvalue weighted by Crippen LogP contribution is 2.17. The van der Waals surface area contributed by atoms with Crippen molar-refractivity contribution in [3.63, 3.8) is 0 Å². The molecule has 4 atom stereocenters. The summed E-state index contributed by atoms with van der Waals surface area (Å²) in [6, 6.07) is 12.3. The average molecular weight is 1160 g/mol. The summed E-state index contributed by atoms with van der Waals surface area (Å²) in [5, 5.41) is 41.9. The Morgan fingerprint density at radius 1 is 0.654 bits per heavy atom. The molecule has 1 aliphatic rings. The molecular formula is C50H73ClN16O14. The first kappa shape index (κ1) is 64.9. The van der Waals surface area contributed by atoms with E-state index < -0.39 is 53.8 Å². The number of hydrogen-bond donors (Lipinski definition) is 14. The van der Waals surface area contributed by atoms with Crippen LogP contribution in [-0.4, -0.2) is 163 Å². The van der Waals surface area contributed by atoms with Crippen molar-refractivity contribution in [3.05, 3.63) is 82.6 Å². The summed E-state index contributed by atoms with van der Waals surface area (Å²) in [6.45, 7) is 2.85. The highest BCUT2D eigenvalue weighted by Gasteiger charge is 2.26. The van der Waals surface area contributed by atoms with E-state index in [1.807, 2.05) is 48.5 Å². The van der Waals surface area contributed by atoms with Crippen molar-refractivity contribution in [1.82, 2.24) is 36.6 Å². The first-order chi connectivity index (χ1) is 38.8. The van der Waals surface area contributed by atoms with Gasteiger partial charge in [-0.1, -0.05) is 35.9 Å². The predicted octanol–water partition coefficient (Wildman–Crippen LogP) is 0.235. The number of aliphatic carboxylic acids is 2. The molecule has 31 heteroatoms. The Morgan fingerprint density at radius 2 is 1.14 bits per heavy atom. The minimum atomic E-state index is -1.40. The number of ether oxygens (including phenoxy) is 6. The van der Waals surface area contributed by atoms with Crippen LogP contribution in [0.3, 0.4) is 0 Å². The molecule has 3 amide bonds. The van der Waals surface area contributed by atoms with Crippen molar-refractivity contribution in [2.75, 3.05) is 77.4 Å². The number of amides is 3.